The molecule has 0 aromatic carbocycles. The van der Waals surface area contributed by atoms with Gasteiger partial charge in [-0.2, -0.15) is 0 Å². The van der Waals surface area contributed by atoms with Crippen molar-refractivity contribution >= 4 is 17.7 Å². The number of nitrogens with one attached hydrogen (secondary N) is 1. The molecule has 0 bridgehead atoms. The van der Waals surface area contributed by atoms with Gasteiger partial charge in [0.2, 0.25) is 5.91 Å². The molecule has 13 heteroatoms. The Morgan fingerprint density at radius 1 is 0.933 bits per heavy atom. The van der Waals surface area contributed by atoms with Crippen LogP contribution in [0.25, 0.3) is 0 Å². The van der Waals surface area contributed by atoms with Gasteiger partial charge >= 0.3 is 0 Å². The highest BCUT2D eigenvalue weighted by Gasteiger charge is 2.36. The van der Waals surface area contributed by atoms with E-state index in [-0.39, 0.29) is 48.5 Å². The van der Waals surface area contributed by atoms with E-state index in [2.05, 4.69) is 16.3 Å². The molecular formula is C32H54N2O11. The van der Waals surface area contributed by atoms with Crippen molar-refractivity contribution in [3.05, 3.63) is 24.3 Å². The molecule has 1 heterocycles. The number of hydrogen-bond donors (Lipinski definition) is 5. The lowest BCUT2D eigenvalue weighted by Gasteiger charge is -2.37. The summed E-state index contributed by atoms with van der Waals surface area (Å²) >= 11 is 0. The molecule has 13 nitrogen and oxygen atoms in total. The quantitative estimate of drug-likeness (QED) is 0.0232. The van der Waals surface area contributed by atoms with Gasteiger partial charge in [-0.05, 0) is 62.7 Å². The van der Waals surface area contributed by atoms with Crippen LogP contribution in [0.4, 0.5) is 0 Å². The van der Waals surface area contributed by atoms with Gasteiger partial charge in [0, 0.05) is 44.2 Å². The second-order valence-electron chi connectivity index (χ2n) is 11.7. The number of rotatable bonds is 26. The topological polar surface area (TPSA) is 184 Å². The van der Waals surface area contributed by atoms with E-state index in [1.165, 1.54) is 17.1 Å². The number of nitrogens with zero attached hydrogens (tertiary/aromatic N) is 1. The molecule has 5 atom stereocenters. The molecule has 1 unspecified atom stereocenters. The number of unbranched alkanes of at least 4 members (excludes halogenated alkanes) is 2. The van der Waals surface area contributed by atoms with Gasteiger partial charge in [0.15, 0.2) is 6.29 Å². The minimum atomic E-state index is -1.56. The molecule has 0 fully saturated rings. The van der Waals surface area contributed by atoms with Gasteiger partial charge in [-0.3, -0.25) is 24.5 Å². The molecule has 1 aliphatic carbocycles. The van der Waals surface area contributed by atoms with Crippen LogP contribution < -0.4 is 5.32 Å². The summed E-state index contributed by atoms with van der Waals surface area (Å²) in [6.07, 6.45) is 10.2. The number of carbonyl (C=O) groups excluding carboxylic acids is 3. The molecule has 5 N–H and O–H groups in total. The van der Waals surface area contributed by atoms with Gasteiger partial charge in [0.05, 0.1) is 45.7 Å². The number of ether oxygens (including phenoxy) is 3. The first-order valence-corrected chi connectivity index (χ1v) is 16.3. The minimum Gasteiger partial charge on any atom is -0.393 e. The molecule has 45 heavy (non-hydrogen) atoms. The number of allylic oxidation sites excluding steroid dienone is 2. The van der Waals surface area contributed by atoms with E-state index in [4.69, 9.17) is 19.5 Å². The number of aliphatic hydroxyl groups excluding tert-OH is 2. The van der Waals surface area contributed by atoms with Crippen LogP contribution in [0.5, 0.6) is 0 Å². The maximum atomic E-state index is 11.9. The lowest BCUT2D eigenvalue weighted by molar-refractivity contribution is -0.257. The number of imide groups is 1. The molecular weight excluding hydrogens is 588 g/mol. The van der Waals surface area contributed by atoms with E-state index in [0.29, 0.717) is 78.4 Å². The van der Waals surface area contributed by atoms with Crippen molar-refractivity contribution in [3.63, 3.8) is 0 Å². The van der Waals surface area contributed by atoms with E-state index in [9.17, 15) is 29.7 Å². The molecule has 0 aromatic heterocycles. The van der Waals surface area contributed by atoms with Crippen molar-refractivity contribution in [3.8, 4) is 0 Å². The Bertz CT molecular complexity index is 896. The van der Waals surface area contributed by atoms with Crippen LogP contribution >= 0.6 is 0 Å². The van der Waals surface area contributed by atoms with Crippen LogP contribution in [0.2, 0.25) is 0 Å². The maximum Gasteiger partial charge on any atom is 0.253 e. The Morgan fingerprint density at radius 2 is 1.60 bits per heavy atom. The second kappa shape index (κ2) is 23.1. The average Bonchev–Trinajstić information content (AvgIpc) is 3.34. The predicted octanol–water partition coefficient (Wildman–Crippen LogP) is 1.80. The van der Waals surface area contributed by atoms with Gasteiger partial charge < -0.3 is 34.8 Å². The van der Waals surface area contributed by atoms with E-state index in [0.717, 1.165) is 25.7 Å². The molecule has 0 spiro atoms. The van der Waals surface area contributed by atoms with E-state index in [1.54, 1.807) is 0 Å². The standard InChI is InChI=1S/C32H54N2O11/c1-2-26(35)22-28(32(39)40)27-10-9-24(21-25(27)23-45-41)7-6-15-42-17-19-44-20-18-43-16-13-33-29(36)8-4-3-5-14-34-30(37)11-12-31(34)38/h9-12,24-28,32,35,39-41H,2-8,13-23H2,1H3,(H,33,36)/t24-,25+,26+,27?,28+/m0/s1. The molecule has 0 saturated carbocycles. The van der Waals surface area contributed by atoms with Gasteiger partial charge in [-0.25, -0.2) is 4.89 Å². The van der Waals surface area contributed by atoms with Crippen LogP contribution in [0.1, 0.15) is 64.7 Å². The summed E-state index contributed by atoms with van der Waals surface area (Å²) in [7, 11) is 0. The summed E-state index contributed by atoms with van der Waals surface area (Å²) in [5, 5.41) is 41.8. The zero-order valence-corrected chi connectivity index (χ0v) is 26.6. The Kier molecular flexibility index (Phi) is 20.0. The molecule has 0 radical (unpaired) electrons. The van der Waals surface area contributed by atoms with E-state index >= 15 is 0 Å². The van der Waals surface area contributed by atoms with Crippen LogP contribution in [-0.2, 0) is 33.5 Å². The Morgan fingerprint density at radius 3 is 2.24 bits per heavy atom. The van der Waals surface area contributed by atoms with Crippen molar-refractivity contribution in [2.45, 2.75) is 77.1 Å². The van der Waals surface area contributed by atoms with Gasteiger partial charge in [-0.1, -0.05) is 25.5 Å². The summed E-state index contributed by atoms with van der Waals surface area (Å²) < 4.78 is 16.7. The highest BCUT2D eigenvalue weighted by Crippen LogP contribution is 2.38. The summed E-state index contributed by atoms with van der Waals surface area (Å²) in [5.74, 6) is -1.18. The van der Waals surface area contributed by atoms with E-state index in [1.807, 2.05) is 13.0 Å². The zero-order chi connectivity index (χ0) is 32.9. The highest BCUT2D eigenvalue weighted by atomic mass is 17.1. The zero-order valence-electron chi connectivity index (χ0n) is 26.6. The largest absolute Gasteiger partial charge is 0.393 e. The maximum absolute atomic E-state index is 11.9. The van der Waals surface area contributed by atoms with Crippen molar-refractivity contribution in [1.82, 2.24) is 10.2 Å². The summed E-state index contributed by atoms with van der Waals surface area (Å²) in [6, 6.07) is 0. The van der Waals surface area contributed by atoms with Gasteiger partial charge in [0.1, 0.15) is 0 Å². The molecule has 3 amide bonds. The van der Waals surface area contributed by atoms with Gasteiger partial charge in [-0.15, -0.1) is 0 Å². The van der Waals surface area contributed by atoms with Crippen molar-refractivity contribution in [2.24, 2.45) is 23.7 Å². The molecule has 1 aliphatic heterocycles. The highest BCUT2D eigenvalue weighted by molar-refractivity contribution is 6.12. The van der Waals surface area contributed by atoms with Crippen LogP contribution in [-0.4, -0.2) is 115 Å². The number of aliphatic hydroxyl groups is 3. The number of amides is 3. The van der Waals surface area contributed by atoms with Crippen molar-refractivity contribution < 1.29 is 54.1 Å². The lowest BCUT2D eigenvalue weighted by Crippen LogP contribution is -2.38. The molecule has 0 saturated heterocycles. The SMILES string of the molecule is CC[C@@H](O)C[C@@H](C(O)O)C1C=C[C@H](CCCOCCOCCOCCNC(=O)CCCCCN2C(=O)C=CC2=O)C[C@@H]1COO. The first-order chi connectivity index (χ1) is 21.8. The van der Waals surface area contributed by atoms with Crippen LogP contribution in [0.15, 0.2) is 24.3 Å². The van der Waals surface area contributed by atoms with Crippen molar-refractivity contribution in [1.29, 1.82) is 0 Å². The van der Waals surface area contributed by atoms with Crippen LogP contribution in [0.3, 0.4) is 0 Å². The molecule has 0 aromatic rings. The third kappa shape index (κ3) is 15.7. The average molecular weight is 643 g/mol. The Labute approximate surface area is 266 Å². The molecule has 258 valence electrons. The summed E-state index contributed by atoms with van der Waals surface area (Å²) in [6.45, 7) is 5.48. The number of hydrogen-bond acceptors (Lipinski definition) is 11. The fourth-order valence-corrected chi connectivity index (χ4v) is 5.73. The normalized spacial score (nSPS) is 21.2. The Balaban J connectivity index is 1.42. The van der Waals surface area contributed by atoms with Crippen molar-refractivity contribution in [2.75, 3.05) is 59.3 Å². The monoisotopic (exact) mass is 642 g/mol. The van der Waals surface area contributed by atoms with E-state index < -0.39 is 18.3 Å². The third-order valence-corrected chi connectivity index (χ3v) is 8.30. The summed E-state index contributed by atoms with van der Waals surface area (Å²) in [5.41, 5.74) is 0. The predicted molar refractivity (Wildman–Crippen MR) is 164 cm³/mol. The molecule has 2 aliphatic rings. The number of carbonyl (C=O) groups is 3. The third-order valence-electron chi connectivity index (χ3n) is 8.30. The smallest absolute Gasteiger partial charge is 0.253 e. The molecule has 2 rings (SSSR count). The fourth-order valence-electron chi connectivity index (χ4n) is 5.73. The minimum absolute atomic E-state index is 0.0528. The fraction of sp³-hybridized carbons (Fsp3) is 0.781. The van der Waals surface area contributed by atoms with Gasteiger partial charge in [0.25, 0.3) is 11.8 Å². The lowest BCUT2D eigenvalue weighted by atomic mass is 9.70. The Hall–Kier alpha value is -2.23. The summed E-state index contributed by atoms with van der Waals surface area (Å²) in [4.78, 5) is 40.5. The van der Waals surface area contributed by atoms with Crippen LogP contribution in [0, 0.1) is 23.7 Å². The first-order valence-electron chi connectivity index (χ1n) is 16.3. The first kappa shape index (κ1) is 39.0. The second-order valence-corrected chi connectivity index (χ2v) is 11.7.